The zero-order chi connectivity index (χ0) is 38.0. The summed E-state index contributed by atoms with van der Waals surface area (Å²) in [5.74, 6) is 0.660. The van der Waals surface area contributed by atoms with E-state index in [9.17, 15) is 0 Å². The topological polar surface area (TPSA) is 57.0 Å². The second-order valence-electron chi connectivity index (χ2n) is 14.3. The first kappa shape index (κ1) is 32.7. The lowest BCUT2D eigenvalue weighted by Gasteiger charge is -2.09. The van der Waals surface area contributed by atoms with Crippen molar-refractivity contribution in [2.24, 2.45) is 0 Å². The third-order valence-electron chi connectivity index (χ3n) is 11.0. The molecule has 0 aliphatic heterocycles. The molecule has 5 nitrogen and oxygen atoms in total. The van der Waals surface area contributed by atoms with Gasteiger partial charge in [0.1, 0.15) is 28.0 Å². The molecule has 0 saturated heterocycles. The number of benzene rings is 7. The lowest BCUT2D eigenvalue weighted by Crippen LogP contribution is -1.93. The Labute approximate surface area is 327 Å². The first-order chi connectivity index (χ1) is 28.1. The third kappa shape index (κ3) is 5.24. The summed E-state index contributed by atoms with van der Waals surface area (Å²) in [7, 11) is 0. The summed E-state index contributed by atoms with van der Waals surface area (Å²) in [4.78, 5) is 10.1. The molecule has 0 radical (unpaired) electrons. The minimum Gasteiger partial charge on any atom is -0.456 e. The van der Waals surface area contributed by atoms with E-state index in [1.165, 1.54) is 10.8 Å². The van der Waals surface area contributed by atoms with Gasteiger partial charge in [0.05, 0.1) is 11.0 Å². The first-order valence-electron chi connectivity index (χ1n) is 19.0. The molecule has 11 aromatic rings. The fourth-order valence-electron chi connectivity index (χ4n) is 8.25. The van der Waals surface area contributed by atoms with Crippen LogP contribution in [0.4, 0.5) is 0 Å². The molecule has 0 N–H and O–H groups in total. The van der Waals surface area contributed by atoms with E-state index in [4.69, 9.17) is 18.8 Å². The van der Waals surface area contributed by atoms with E-state index < -0.39 is 0 Å². The van der Waals surface area contributed by atoms with E-state index >= 15 is 0 Å². The molecule has 268 valence electrons. The highest BCUT2D eigenvalue weighted by Crippen LogP contribution is 2.40. The monoisotopic (exact) mass is 731 g/mol. The van der Waals surface area contributed by atoms with Gasteiger partial charge in [-0.2, -0.15) is 0 Å². The number of allylic oxidation sites excluding steroid dienone is 4. The number of nitrogens with zero attached hydrogens (tertiary/aromatic N) is 3. The summed E-state index contributed by atoms with van der Waals surface area (Å²) < 4.78 is 15.2. The van der Waals surface area contributed by atoms with Crippen molar-refractivity contribution in [2.45, 2.75) is 0 Å². The van der Waals surface area contributed by atoms with Gasteiger partial charge in [-0.1, -0.05) is 122 Å². The van der Waals surface area contributed by atoms with Crippen molar-refractivity contribution in [3.63, 3.8) is 0 Å². The van der Waals surface area contributed by atoms with Crippen molar-refractivity contribution < 1.29 is 8.83 Å². The van der Waals surface area contributed by atoms with E-state index in [0.717, 1.165) is 94.2 Å². The molecule has 7 aromatic carbocycles. The van der Waals surface area contributed by atoms with Crippen LogP contribution in [-0.4, -0.2) is 14.5 Å². The number of furan rings is 2. The Morgan fingerprint density at radius 3 is 1.67 bits per heavy atom. The van der Waals surface area contributed by atoms with Crippen molar-refractivity contribution in [1.29, 1.82) is 0 Å². The van der Waals surface area contributed by atoms with E-state index in [0.29, 0.717) is 11.4 Å². The third-order valence-corrected chi connectivity index (χ3v) is 11.0. The zero-order valence-corrected chi connectivity index (χ0v) is 30.8. The lowest BCUT2D eigenvalue weighted by molar-refractivity contribution is 0.667. The summed E-state index contributed by atoms with van der Waals surface area (Å²) in [5.41, 5.74) is 14.2. The summed E-state index contributed by atoms with van der Waals surface area (Å²) in [6.45, 7) is 8.01. The van der Waals surface area contributed by atoms with Crippen LogP contribution in [-0.2, 0) is 0 Å². The van der Waals surface area contributed by atoms with Crippen LogP contribution in [0.5, 0.6) is 0 Å². The highest BCUT2D eigenvalue weighted by atomic mass is 16.3. The lowest BCUT2D eigenvalue weighted by atomic mass is 9.98. The minimum atomic E-state index is 0.660. The van der Waals surface area contributed by atoms with Gasteiger partial charge in [0, 0.05) is 43.8 Å². The van der Waals surface area contributed by atoms with Crippen molar-refractivity contribution in [3.05, 3.63) is 189 Å². The molecule has 0 unspecified atom stereocenters. The number of hydrogen-bond donors (Lipinski definition) is 0. The van der Waals surface area contributed by atoms with E-state index in [2.05, 4.69) is 121 Å². The van der Waals surface area contributed by atoms with Crippen LogP contribution < -0.4 is 0 Å². The summed E-state index contributed by atoms with van der Waals surface area (Å²) in [5, 5.41) is 5.43. The highest BCUT2D eigenvalue weighted by Gasteiger charge is 2.20. The second kappa shape index (κ2) is 12.9. The maximum absolute atomic E-state index is 6.52. The predicted octanol–water partition coefficient (Wildman–Crippen LogP) is 14.3. The van der Waals surface area contributed by atoms with Crippen LogP contribution in [0.1, 0.15) is 0 Å². The van der Waals surface area contributed by atoms with Crippen LogP contribution >= 0.6 is 0 Å². The van der Waals surface area contributed by atoms with Gasteiger partial charge in [-0.15, -0.1) is 0 Å². The molecule has 0 aliphatic rings. The molecule has 11 rings (SSSR count). The first-order valence-corrected chi connectivity index (χ1v) is 19.0. The number of rotatable bonds is 7. The SMILES string of the molecule is C=C/C=C(\C=C)n1c2ccccc2c2cc(-c3ccc4oc5ccc(-c6ccc7oc8c(-c9ccccc9)nc(-c9ccccc9)nc8c7c6)cc5c4c3)ccc21. The minimum absolute atomic E-state index is 0.660. The summed E-state index contributed by atoms with van der Waals surface area (Å²) in [6.07, 6.45) is 5.67. The van der Waals surface area contributed by atoms with E-state index in [-0.39, 0.29) is 0 Å². The molecular weight excluding hydrogens is 699 g/mol. The molecule has 4 heterocycles. The van der Waals surface area contributed by atoms with E-state index in [1.807, 2.05) is 66.7 Å². The molecule has 0 saturated carbocycles. The van der Waals surface area contributed by atoms with Crippen LogP contribution in [0.25, 0.3) is 116 Å². The Bertz CT molecular complexity index is 3440. The van der Waals surface area contributed by atoms with Gasteiger partial charge in [-0.3, -0.25) is 0 Å². The Kier molecular flexibility index (Phi) is 7.41. The average Bonchev–Trinajstić information content (AvgIpc) is 3.94. The number of hydrogen-bond acceptors (Lipinski definition) is 4. The van der Waals surface area contributed by atoms with Gasteiger partial charge in [0.2, 0.25) is 0 Å². The molecule has 5 heteroatoms. The summed E-state index contributed by atoms with van der Waals surface area (Å²) >= 11 is 0. The molecule has 0 fully saturated rings. The van der Waals surface area contributed by atoms with Crippen LogP contribution in [0.15, 0.2) is 198 Å². The Morgan fingerprint density at radius 1 is 0.474 bits per heavy atom. The summed E-state index contributed by atoms with van der Waals surface area (Å²) in [6, 6.07) is 54.7. The zero-order valence-electron chi connectivity index (χ0n) is 30.8. The van der Waals surface area contributed by atoms with Crippen LogP contribution in [0, 0.1) is 0 Å². The fourth-order valence-corrected chi connectivity index (χ4v) is 8.25. The van der Waals surface area contributed by atoms with Crippen LogP contribution in [0.2, 0.25) is 0 Å². The van der Waals surface area contributed by atoms with Crippen molar-refractivity contribution in [2.75, 3.05) is 0 Å². The van der Waals surface area contributed by atoms with Gasteiger partial charge in [-0.05, 0) is 89.0 Å². The quantitative estimate of drug-likeness (QED) is 0.153. The maximum atomic E-state index is 6.52. The molecule has 57 heavy (non-hydrogen) atoms. The molecule has 0 spiro atoms. The van der Waals surface area contributed by atoms with Gasteiger partial charge in [0.25, 0.3) is 0 Å². The van der Waals surface area contributed by atoms with Crippen LogP contribution in [0.3, 0.4) is 0 Å². The van der Waals surface area contributed by atoms with Crippen molar-refractivity contribution in [1.82, 2.24) is 14.5 Å². The van der Waals surface area contributed by atoms with Crippen molar-refractivity contribution >= 4 is 71.5 Å². The van der Waals surface area contributed by atoms with Gasteiger partial charge in [-0.25, -0.2) is 9.97 Å². The van der Waals surface area contributed by atoms with Gasteiger partial charge in [0.15, 0.2) is 11.4 Å². The second-order valence-corrected chi connectivity index (χ2v) is 14.3. The Morgan fingerprint density at radius 2 is 1.02 bits per heavy atom. The fraction of sp³-hybridized carbons (Fsp3) is 0. The molecular formula is C52H33N3O2. The highest BCUT2D eigenvalue weighted by molar-refractivity contribution is 6.13. The number of para-hydroxylation sites is 1. The van der Waals surface area contributed by atoms with Crippen molar-refractivity contribution in [3.8, 4) is 44.9 Å². The standard InChI is InChI=1S/C52H33N3O2/c1-3-13-38(4-2)55-44-19-12-11-18-39(44)40-28-34(20-24-45(40)55)35-21-25-46-41(29-35)42-30-36(22-26-47(42)56-46)37-23-27-48-43(31-37)50-51(57-48)49(32-14-7-5-8-15-32)53-52(54-50)33-16-9-6-10-17-33/h3-31H,1-2H2/b38-13+. The van der Waals surface area contributed by atoms with E-state index in [1.54, 1.807) is 6.08 Å². The average molecular weight is 732 g/mol. The Balaban J connectivity index is 1.04. The largest absolute Gasteiger partial charge is 0.456 e. The maximum Gasteiger partial charge on any atom is 0.180 e. The molecule has 4 aromatic heterocycles. The smallest absolute Gasteiger partial charge is 0.180 e. The van der Waals surface area contributed by atoms with Gasteiger partial charge < -0.3 is 13.4 Å². The molecule has 0 amide bonds. The van der Waals surface area contributed by atoms with Gasteiger partial charge >= 0.3 is 0 Å². The molecule has 0 atom stereocenters. The normalized spacial score (nSPS) is 12.1. The molecule has 0 bridgehead atoms. The number of aromatic nitrogens is 3. The predicted molar refractivity (Wildman–Crippen MR) is 236 cm³/mol. The number of fused-ring (bicyclic) bond motifs is 9. The molecule has 0 aliphatic carbocycles. The Hall–Kier alpha value is -7.76.